The Balaban J connectivity index is 1.65. The van der Waals surface area contributed by atoms with Crippen LogP contribution >= 0.6 is 0 Å². The number of fused-ring (bicyclic) bond motifs is 1. The van der Waals surface area contributed by atoms with Crippen molar-refractivity contribution in [3.63, 3.8) is 0 Å². The molecule has 3 heterocycles. The number of nitrogens with zero attached hydrogens (tertiary/aromatic N) is 6. The molecule has 0 unspecified atom stereocenters. The molecule has 3 aromatic heterocycles. The molecule has 0 aromatic carbocycles. The lowest BCUT2D eigenvalue weighted by Gasteiger charge is -2.29. The van der Waals surface area contributed by atoms with Crippen molar-refractivity contribution in [2.24, 2.45) is 22.4 Å². The van der Waals surface area contributed by atoms with E-state index in [0.717, 1.165) is 29.6 Å². The number of carbonyl (C=O) groups is 1. The van der Waals surface area contributed by atoms with E-state index < -0.39 is 0 Å². The molecule has 0 bridgehead atoms. The van der Waals surface area contributed by atoms with Crippen molar-refractivity contribution in [1.29, 1.82) is 0 Å². The Bertz CT molecular complexity index is 1130. The average molecular weight is 421 g/mol. The number of aliphatic imine (C=N–C) groups is 1. The molecule has 1 amide bonds. The number of amides is 1. The molecule has 9 heteroatoms. The summed E-state index contributed by atoms with van der Waals surface area (Å²) in [5.74, 6) is -0.338. The summed E-state index contributed by atoms with van der Waals surface area (Å²) in [5.41, 5.74) is 15.2. The molecule has 0 aliphatic heterocycles. The Hall–Kier alpha value is -3.49. The molecule has 0 saturated heterocycles. The highest BCUT2D eigenvalue weighted by Crippen LogP contribution is 2.30. The zero-order valence-electron chi connectivity index (χ0n) is 17.8. The second kappa shape index (κ2) is 8.71. The Morgan fingerprint density at radius 3 is 2.74 bits per heavy atom. The van der Waals surface area contributed by atoms with Crippen molar-refractivity contribution < 1.29 is 4.79 Å². The number of rotatable bonds is 8. The predicted molar refractivity (Wildman–Crippen MR) is 120 cm³/mol. The van der Waals surface area contributed by atoms with Gasteiger partial charge in [-0.05, 0) is 31.7 Å². The lowest BCUT2D eigenvalue weighted by atomic mass is 9.80. The van der Waals surface area contributed by atoms with Gasteiger partial charge in [-0.15, -0.1) is 0 Å². The first-order valence-corrected chi connectivity index (χ1v) is 10.7. The topological polar surface area (TPSA) is 129 Å². The first-order chi connectivity index (χ1) is 15.0. The summed E-state index contributed by atoms with van der Waals surface area (Å²) in [5, 5.41) is 8.96. The summed E-state index contributed by atoms with van der Waals surface area (Å²) in [6, 6.07) is 2.37. The minimum Gasteiger partial charge on any atom is -0.404 e. The van der Waals surface area contributed by atoms with Crippen LogP contribution in [0.3, 0.4) is 0 Å². The first kappa shape index (κ1) is 20.8. The van der Waals surface area contributed by atoms with Gasteiger partial charge in [0.2, 0.25) is 5.91 Å². The van der Waals surface area contributed by atoms with Gasteiger partial charge in [-0.1, -0.05) is 13.8 Å². The largest absolute Gasteiger partial charge is 0.404 e. The maximum Gasteiger partial charge on any atom is 0.220 e. The maximum atomic E-state index is 11.2. The molecule has 4 N–H and O–H groups in total. The van der Waals surface area contributed by atoms with E-state index in [0.29, 0.717) is 30.2 Å². The zero-order chi connectivity index (χ0) is 22.0. The van der Waals surface area contributed by atoms with Gasteiger partial charge in [-0.3, -0.25) is 14.5 Å². The normalized spacial score (nSPS) is 19.4. The van der Waals surface area contributed by atoms with Gasteiger partial charge >= 0.3 is 0 Å². The van der Waals surface area contributed by atoms with E-state index in [1.54, 1.807) is 16.9 Å². The third kappa shape index (κ3) is 4.08. The SMILES string of the molecule is CCC(CC)n1cc(-c2nc(C(C=NC3CC(C(N)=O)C3)=CN)cn3nccc23)cn1. The fraction of sp³-hybridized carbons (Fsp3) is 0.409. The molecule has 31 heavy (non-hydrogen) atoms. The number of aromatic nitrogens is 5. The van der Waals surface area contributed by atoms with Gasteiger partial charge in [-0.2, -0.15) is 10.2 Å². The van der Waals surface area contributed by atoms with Crippen LogP contribution < -0.4 is 11.5 Å². The van der Waals surface area contributed by atoms with Crippen LogP contribution in [-0.2, 0) is 4.79 Å². The zero-order valence-corrected chi connectivity index (χ0v) is 17.8. The fourth-order valence-electron chi connectivity index (χ4n) is 3.92. The minimum absolute atomic E-state index is 0.0794. The summed E-state index contributed by atoms with van der Waals surface area (Å²) >= 11 is 0. The van der Waals surface area contributed by atoms with Crippen molar-refractivity contribution >= 4 is 23.2 Å². The summed E-state index contributed by atoms with van der Waals surface area (Å²) in [4.78, 5) is 20.6. The number of hydrogen-bond acceptors (Lipinski definition) is 6. The Morgan fingerprint density at radius 1 is 1.29 bits per heavy atom. The average Bonchev–Trinajstić information content (AvgIpc) is 3.39. The highest BCUT2D eigenvalue weighted by molar-refractivity contribution is 6.09. The molecule has 4 rings (SSSR count). The molecule has 1 fully saturated rings. The molecular formula is C22H28N8O. The van der Waals surface area contributed by atoms with Crippen LogP contribution in [-0.4, -0.2) is 42.5 Å². The molecule has 0 atom stereocenters. The molecular weight excluding hydrogens is 392 g/mol. The number of nitrogens with two attached hydrogens (primary N) is 2. The van der Waals surface area contributed by atoms with Crippen LogP contribution in [0.25, 0.3) is 22.3 Å². The molecule has 3 aromatic rings. The van der Waals surface area contributed by atoms with Gasteiger partial charge in [0.15, 0.2) is 0 Å². The summed E-state index contributed by atoms with van der Waals surface area (Å²) in [6.07, 6.45) is 14.1. The van der Waals surface area contributed by atoms with Gasteiger partial charge in [0, 0.05) is 35.7 Å². The lowest BCUT2D eigenvalue weighted by molar-refractivity contribution is -0.124. The molecule has 1 saturated carbocycles. The number of carbonyl (C=O) groups excluding carboxylic acids is 1. The standard InChI is InChI=1S/C22H28N8O/c1-3-18(4-2)29-12-16(11-27-29)21-20-5-6-26-30(20)13-19(28-21)15(9-23)10-25-17-7-14(8-17)22(24)31/h5-6,9-14,17-18H,3-4,7-8,23H2,1-2H3,(H2,24,31). The van der Waals surface area contributed by atoms with Crippen LogP contribution in [0.15, 0.2) is 42.0 Å². The van der Waals surface area contributed by atoms with Crippen LogP contribution in [0.1, 0.15) is 51.3 Å². The van der Waals surface area contributed by atoms with Crippen molar-refractivity contribution in [2.45, 2.75) is 51.6 Å². The van der Waals surface area contributed by atoms with E-state index in [2.05, 4.69) is 29.0 Å². The molecule has 9 nitrogen and oxygen atoms in total. The summed E-state index contributed by atoms with van der Waals surface area (Å²) in [6.45, 7) is 4.32. The first-order valence-electron chi connectivity index (χ1n) is 10.7. The second-order valence-corrected chi connectivity index (χ2v) is 7.94. The van der Waals surface area contributed by atoms with Crippen LogP contribution in [0.5, 0.6) is 0 Å². The molecule has 0 spiro atoms. The lowest BCUT2D eigenvalue weighted by Crippen LogP contribution is -2.37. The van der Waals surface area contributed by atoms with Crippen LogP contribution in [0, 0.1) is 5.92 Å². The van der Waals surface area contributed by atoms with Crippen molar-refractivity contribution in [2.75, 3.05) is 0 Å². The smallest absolute Gasteiger partial charge is 0.220 e. The highest BCUT2D eigenvalue weighted by atomic mass is 16.1. The van der Waals surface area contributed by atoms with Crippen molar-refractivity contribution in [3.8, 4) is 11.3 Å². The van der Waals surface area contributed by atoms with E-state index in [-0.39, 0.29) is 17.9 Å². The monoisotopic (exact) mass is 420 g/mol. The van der Waals surface area contributed by atoms with Gasteiger partial charge in [0.1, 0.15) is 0 Å². The van der Waals surface area contributed by atoms with Crippen molar-refractivity contribution in [3.05, 3.63) is 42.7 Å². The molecule has 1 aliphatic rings. The maximum absolute atomic E-state index is 11.2. The molecule has 0 radical (unpaired) electrons. The third-order valence-electron chi connectivity index (χ3n) is 6.00. The Kier molecular flexibility index (Phi) is 5.83. The third-order valence-corrected chi connectivity index (χ3v) is 6.00. The van der Waals surface area contributed by atoms with Crippen LogP contribution in [0.4, 0.5) is 0 Å². The molecule has 1 aliphatic carbocycles. The number of hydrogen-bond donors (Lipinski definition) is 2. The van der Waals surface area contributed by atoms with Gasteiger partial charge in [0.05, 0.1) is 47.6 Å². The minimum atomic E-state index is -0.259. The molecule has 162 valence electrons. The van der Waals surface area contributed by atoms with E-state index >= 15 is 0 Å². The van der Waals surface area contributed by atoms with E-state index in [1.165, 1.54) is 6.20 Å². The van der Waals surface area contributed by atoms with Gasteiger partial charge in [0.25, 0.3) is 0 Å². The quantitative estimate of drug-likeness (QED) is 0.541. The van der Waals surface area contributed by atoms with Gasteiger partial charge < -0.3 is 11.5 Å². The predicted octanol–water partition coefficient (Wildman–Crippen LogP) is 2.59. The Morgan fingerprint density at radius 2 is 2.06 bits per heavy atom. The van der Waals surface area contributed by atoms with E-state index in [4.69, 9.17) is 16.5 Å². The number of allylic oxidation sites excluding steroid dienone is 1. The van der Waals surface area contributed by atoms with Gasteiger partial charge in [-0.25, -0.2) is 9.50 Å². The second-order valence-electron chi connectivity index (χ2n) is 7.94. The summed E-state index contributed by atoms with van der Waals surface area (Å²) in [7, 11) is 0. The fourth-order valence-corrected chi connectivity index (χ4v) is 3.92. The van der Waals surface area contributed by atoms with Crippen molar-refractivity contribution in [1.82, 2.24) is 24.4 Å². The summed E-state index contributed by atoms with van der Waals surface area (Å²) < 4.78 is 3.79. The number of primary amides is 1. The Labute approximate surface area is 180 Å². The van der Waals surface area contributed by atoms with Crippen LogP contribution in [0.2, 0.25) is 0 Å². The van der Waals surface area contributed by atoms with E-state index in [9.17, 15) is 4.79 Å². The highest BCUT2D eigenvalue weighted by Gasteiger charge is 2.32. The van der Waals surface area contributed by atoms with E-state index in [1.807, 2.05) is 29.3 Å².